The standard InChI is InChI=1S/C20H15Cl2N5O/c21-12-9-8-11(10-13(12)22)23-19-18-16(6-3-7-17(18)28)27(26-19)20-24-14-4-1-2-5-15(14)25-20/h1-2,4-5,8-10H,3,6-7H2,(H,23,26)(H,24,25). The minimum absolute atomic E-state index is 0.0752. The van der Waals surface area contributed by atoms with Crippen LogP contribution >= 0.6 is 23.2 Å². The van der Waals surface area contributed by atoms with Gasteiger partial charge < -0.3 is 10.3 Å². The van der Waals surface area contributed by atoms with E-state index < -0.39 is 0 Å². The Morgan fingerprint density at radius 2 is 1.93 bits per heavy atom. The molecule has 0 atom stereocenters. The van der Waals surface area contributed by atoms with E-state index in [9.17, 15) is 4.79 Å². The van der Waals surface area contributed by atoms with Crippen molar-refractivity contribution in [2.45, 2.75) is 19.3 Å². The summed E-state index contributed by atoms with van der Waals surface area (Å²) in [6.07, 6.45) is 2.06. The summed E-state index contributed by atoms with van der Waals surface area (Å²) in [5, 5.41) is 8.79. The average Bonchev–Trinajstić information content (AvgIpc) is 3.27. The number of hydrogen-bond acceptors (Lipinski definition) is 4. The van der Waals surface area contributed by atoms with E-state index in [0.717, 1.165) is 29.6 Å². The molecule has 0 fully saturated rings. The Morgan fingerprint density at radius 3 is 2.75 bits per heavy atom. The van der Waals surface area contributed by atoms with Crippen molar-refractivity contribution in [1.82, 2.24) is 19.7 Å². The first-order chi connectivity index (χ1) is 13.6. The van der Waals surface area contributed by atoms with E-state index in [4.69, 9.17) is 23.2 Å². The van der Waals surface area contributed by atoms with E-state index in [2.05, 4.69) is 20.4 Å². The molecule has 0 spiro atoms. The van der Waals surface area contributed by atoms with Gasteiger partial charge in [0.15, 0.2) is 11.6 Å². The van der Waals surface area contributed by atoms with E-state index >= 15 is 0 Å². The first-order valence-corrected chi connectivity index (χ1v) is 9.68. The molecule has 2 aromatic carbocycles. The summed E-state index contributed by atoms with van der Waals surface area (Å²) in [5.41, 5.74) is 3.95. The van der Waals surface area contributed by atoms with Gasteiger partial charge in [0, 0.05) is 12.1 Å². The number of H-pyrrole nitrogens is 1. The fourth-order valence-corrected chi connectivity index (χ4v) is 3.83. The van der Waals surface area contributed by atoms with Crippen LogP contribution in [0, 0.1) is 0 Å². The van der Waals surface area contributed by atoms with Crippen LogP contribution in [0.4, 0.5) is 11.5 Å². The molecule has 0 saturated heterocycles. The molecule has 2 aromatic heterocycles. The normalized spacial score (nSPS) is 13.7. The Kier molecular flexibility index (Phi) is 4.10. The van der Waals surface area contributed by atoms with Gasteiger partial charge in [-0.2, -0.15) is 0 Å². The van der Waals surface area contributed by atoms with Crippen LogP contribution in [-0.4, -0.2) is 25.5 Å². The summed E-state index contributed by atoms with van der Waals surface area (Å²) in [6.45, 7) is 0. The second-order valence-electron chi connectivity index (χ2n) is 6.69. The Balaban J connectivity index is 1.63. The van der Waals surface area contributed by atoms with Crippen molar-refractivity contribution in [3.05, 3.63) is 63.8 Å². The summed E-state index contributed by atoms with van der Waals surface area (Å²) in [6, 6.07) is 13.0. The summed E-state index contributed by atoms with van der Waals surface area (Å²) in [7, 11) is 0. The molecule has 28 heavy (non-hydrogen) atoms. The monoisotopic (exact) mass is 411 g/mol. The van der Waals surface area contributed by atoms with E-state index in [1.165, 1.54) is 0 Å². The van der Waals surface area contributed by atoms with E-state index in [1.54, 1.807) is 22.9 Å². The number of anilines is 2. The number of halogens is 2. The molecule has 0 bridgehead atoms. The molecule has 140 valence electrons. The topological polar surface area (TPSA) is 75.6 Å². The number of aromatic amines is 1. The number of carbonyl (C=O) groups is 1. The summed E-state index contributed by atoms with van der Waals surface area (Å²) in [5.74, 6) is 1.17. The first kappa shape index (κ1) is 17.3. The predicted octanol–water partition coefficient (Wildman–Crippen LogP) is 5.32. The number of rotatable bonds is 3. The van der Waals surface area contributed by atoms with Gasteiger partial charge in [0.2, 0.25) is 5.95 Å². The van der Waals surface area contributed by atoms with Crippen LogP contribution in [0.5, 0.6) is 0 Å². The zero-order valence-electron chi connectivity index (χ0n) is 14.7. The van der Waals surface area contributed by atoms with Gasteiger partial charge >= 0.3 is 0 Å². The Hall–Kier alpha value is -2.83. The molecular weight excluding hydrogens is 397 g/mol. The van der Waals surface area contributed by atoms with Crippen molar-refractivity contribution >= 4 is 51.5 Å². The third-order valence-corrected chi connectivity index (χ3v) is 5.58. The van der Waals surface area contributed by atoms with Gasteiger partial charge in [-0.1, -0.05) is 35.3 Å². The number of imidazole rings is 1. The number of nitrogens with one attached hydrogen (secondary N) is 2. The van der Waals surface area contributed by atoms with Crippen LogP contribution in [-0.2, 0) is 6.42 Å². The maximum absolute atomic E-state index is 12.7. The lowest BCUT2D eigenvalue weighted by molar-refractivity contribution is 0.0973. The van der Waals surface area contributed by atoms with E-state index in [1.807, 2.05) is 24.3 Å². The van der Waals surface area contributed by atoms with Gasteiger partial charge in [-0.3, -0.25) is 4.79 Å². The SMILES string of the molecule is O=C1CCCc2c1c(Nc1ccc(Cl)c(Cl)c1)nn2-c1nc2ccccc2[nH]1. The number of fused-ring (bicyclic) bond motifs is 2. The molecule has 1 aliphatic rings. The van der Waals surface area contributed by atoms with Crippen molar-refractivity contribution in [2.75, 3.05) is 5.32 Å². The van der Waals surface area contributed by atoms with E-state index in [0.29, 0.717) is 39.5 Å². The van der Waals surface area contributed by atoms with Crippen molar-refractivity contribution in [2.24, 2.45) is 0 Å². The Bertz CT molecular complexity index is 1190. The molecule has 0 saturated carbocycles. The highest BCUT2D eigenvalue weighted by molar-refractivity contribution is 6.42. The lowest BCUT2D eigenvalue weighted by Gasteiger charge is -2.12. The fourth-order valence-electron chi connectivity index (χ4n) is 3.53. The number of Topliss-reactive ketones (excluding diaryl/α,β-unsaturated/α-hetero) is 1. The number of benzene rings is 2. The summed E-state index contributed by atoms with van der Waals surface area (Å²) >= 11 is 12.1. The second kappa shape index (κ2) is 6.65. The zero-order valence-corrected chi connectivity index (χ0v) is 16.2. The number of carbonyl (C=O) groups excluding carboxylic acids is 1. The minimum atomic E-state index is 0.0752. The van der Waals surface area contributed by atoms with Gasteiger partial charge in [0.1, 0.15) is 0 Å². The molecule has 0 aliphatic heterocycles. The van der Waals surface area contributed by atoms with Crippen LogP contribution in [0.2, 0.25) is 10.0 Å². The van der Waals surface area contributed by atoms with Crippen molar-refractivity contribution in [3.8, 4) is 5.95 Å². The number of aromatic nitrogens is 4. The molecule has 0 unspecified atom stereocenters. The third-order valence-electron chi connectivity index (χ3n) is 4.84. The van der Waals surface area contributed by atoms with Crippen LogP contribution < -0.4 is 5.32 Å². The number of ketones is 1. The van der Waals surface area contributed by atoms with Gasteiger partial charge in [0.25, 0.3) is 0 Å². The predicted molar refractivity (Wildman–Crippen MR) is 110 cm³/mol. The van der Waals surface area contributed by atoms with Gasteiger partial charge in [-0.25, -0.2) is 9.67 Å². The lowest BCUT2D eigenvalue weighted by Crippen LogP contribution is -2.14. The fraction of sp³-hybridized carbons (Fsp3) is 0.150. The Morgan fingerprint density at radius 1 is 1.07 bits per heavy atom. The average molecular weight is 412 g/mol. The van der Waals surface area contributed by atoms with Crippen molar-refractivity contribution in [1.29, 1.82) is 0 Å². The second-order valence-corrected chi connectivity index (χ2v) is 7.50. The molecule has 6 nitrogen and oxygen atoms in total. The highest BCUT2D eigenvalue weighted by Crippen LogP contribution is 2.33. The quantitative estimate of drug-likeness (QED) is 0.478. The van der Waals surface area contributed by atoms with Crippen LogP contribution in [0.25, 0.3) is 17.0 Å². The smallest absolute Gasteiger partial charge is 0.229 e. The number of nitrogens with zero attached hydrogens (tertiary/aromatic N) is 3. The molecule has 1 aliphatic carbocycles. The van der Waals surface area contributed by atoms with Crippen molar-refractivity contribution < 1.29 is 4.79 Å². The van der Waals surface area contributed by atoms with Gasteiger partial charge in [-0.05, 0) is 43.2 Å². The van der Waals surface area contributed by atoms with Gasteiger partial charge in [-0.15, -0.1) is 5.10 Å². The molecule has 0 radical (unpaired) electrons. The lowest BCUT2D eigenvalue weighted by atomic mass is 9.96. The maximum atomic E-state index is 12.7. The highest BCUT2D eigenvalue weighted by atomic mass is 35.5. The molecular formula is C20H15Cl2N5O. The molecule has 2 heterocycles. The van der Waals surface area contributed by atoms with Crippen molar-refractivity contribution in [3.63, 3.8) is 0 Å². The van der Waals surface area contributed by atoms with E-state index in [-0.39, 0.29) is 5.78 Å². The molecule has 5 rings (SSSR count). The zero-order chi connectivity index (χ0) is 19.3. The molecule has 2 N–H and O–H groups in total. The summed E-state index contributed by atoms with van der Waals surface area (Å²) < 4.78 is 1.73. The highest BCUT2D eigenvalue weighted by Gasteiger charge is 2.28. The Labute approximate surface area is 170 Å². The number of para-hydroxylation sites is 2. The number of hydrogen-bond donors (Lipinski definition) is 2. The summed E-state index contributed by atoms with van der Waals surface area (Å²) in [4.78, 5) is 20.6. The van der Waals surface area contributed by atoms with Gasteiger partial charge in [0.05, 0.1) is 32.3 Å². The first-order valence-electron chi connectivity index (χ1n) is 8.92. The third kappa shape index (κ3) is 2.85. The van der Waals surface area contributed by atoms with Crippen LogP contribution in [0.1, 0.15) is 28.9 Å². The maximum Gasteiger partial charge on any atom is 0.229 e. The minimum Gasteiger partial charge on any atom is -0.338 e. The van der Waals surface area contributed by atoms with Crippen LogP contribution in [0.3, 0.4) is 0 Å². The largest absolute Gasteiger partial charge is 0.338 e. The molecule has 8 heteroatoms. The van der Waals surface area contributed by atoms with Crippen LogP contribution in [0.15, 0.2) is 42.5 Å². The molecule has 0 amide bonds. The molecule has 4 aromatic rings.